The number of piperidine rings is 2. The lowest BCUT2D eigenvalue weighted by atomic mass is 9.90. The first-order valence-electron chi connectivity index (χ1n) is 8.58. The van der Waals surface area contributed by atoms with E-state index in [4.69, 9.17) is 0 Å². The van der Waals surface area contributed by atoms with Gasteiger partial charge in [-0.3, -0.25) is 24.6 Å². The highest BCUT2D eigenvalue weighted by molar-refractivity contribution is 6.01. The standard InChI is InChI=1S/C18H23N3O3/c22-16-9-8-15(18(24)20-16)13-4-6-14(7-5-13)19-17(23)12-21-10-2-1-3-11-21/h4-7,15H,1-3,8-12H2,(H,19,23)(H,20,22,24). The minimum Gasteiger partial charge on any atom is -0.325 e. The monoisotopic (exact) mass is 329 g/mol. The van der Waals surface area contributed by atoms with E-state index in [0.717, 1.165) is 37.2 Å². The van der Waals surface area contributed by atoms with Crippen LogP contribution in [0.25, 0.3) is 0 Å². The van der Waals surface area contributed by atoms with Crippen molar-refractivity contribution >= 4 is 23.4 Å². The van der Waals surface area contributed by atoms with Gasteiger partial charge in [0.25, 0.3) is 0 Å². The van der Waals surface area contributed by atoms with E-state index in [1.807, 2.05) is 24.3 Å². The van der Waals surface area contributed by atoms with E-state index in [9.17, 15) is 14.4 Å². The van der Waals surface area contributed by atoms with Crippen LogP contribution in [-0.2, 0) is 14.4 Å². The number of anilines is 1. The van der Waals surface area contributed by atoms with Gasteiger partial charge in [-0.05, 0) is 50.0 Å². The fourth-order valence-corrected chi connectivity index (χ4v) is 3.33. The van der Waals surface area contributed by atoms with Crippen molar-refractivity contribution in [1.29, 1.82) is 0 Å². The van der Waals surface area contributed by atoms with Gasteiger partial charge in [0, 0.05) is 12.1 Å². The van der Waals surface area contributed by atoms with Gasteiger partial charge in [0.1, 0.15) is 0 Å². The zero-order valence-electron chi connectivity index (χ0n) is 13.7. The van der Waals surface area contributed by atoms with Crippen LogP contribution in [0.2, 0.25) is 0 Å². The Bertz CT molecular complexity index is 621. The Morgan fingerprint density at radius 3 is 2.50 bits per heavy atom. The summed E-state index contributed by atoms with van der Waals surface area (Å²) in [6, 6.07) is 7.31. The summed E-state index contributed by atoms with van der Waals surface area (Å²) >= 11 is 0. The molecule has 2 N–H and O–H groups in total. The van der Waals surface area contributed by atoms with Crippen LogP contribution in [0.3, 0.4) is 0 Å². The molecule has 2 heterocycles. The predicted octanol–water partition coefficient (Wildman–Crippen LogP) is 1.63. The molecule has 0 aromatic heterocycles. The molecule has 2 aliphatic rings. The van der Waals surface area contributed by atoms with Gasteiger partial charge in [-0.1, -0.05) is 18.6 Å². The predicted molar refractivity (Wildman–Crippen MR) is 90.5 cm³/mol. The molecule has 24 heavy (non-hydrogen) atoms. The number of nitrogens with zero attached hydrogens (tertiary/aromatic N) is 1. The van der Waals surface area contributed by atoms with E-state index in [1.165, 1.54) is 6.42 Å². The summed E-state index contributed by atoms with van der Waals surface area (Å²) in [5.41, 5.74) is 1.60. The van der Waals surface area contributed by atoms with Gasteiger partial charge >= 0.3 is 0 Å². The first-order chi connectivity index (χ1) is 11.6. The van der Waals surface area contributed by atoms with Crippen LogP contribution in [0.5, 0.6) is 0 Å². The van der Waals surface area contributed by atoms with Gasteiger partial charge in [0.05, 0.1) is 12.5 Å². The van der Waals surface area contributed by atoms with E-state index in [1.54, 1.807) is 0 Å². The lowest BCUT2D eigenvalue weighted by Crippen LogP contribution is -2.39. The van der Waals surface area contributed by atoms with Gasteiger partial charge < -0.3 is 5.32 Å². The van der Waals surface area contributed by atoms with Crippen LogP contribution in [-0.4, -0.2) is 42.3 Å². The molecule has 3 amide bonds. The molecule has 1 aromatic carbocycles. The topological polar surface area (TPSA) is 78.5 Å². The number of imide groups is 1. The highest BCUT2D eigenvalue weighted by atomic mass is 16.2. The first kappa shape index (κ1) is 16.6. The molecular weight excluding hydrogens is 306 g/mol. The minimum absolute atomic E-state index is 0.00865. The molecule has 3 rings (SSSR count). The summed E-state index contributed by atoms with van der Waals surface area (Å²) in [6.07, 6.45) is 4.47. The second-order valence-electron chi connectivity index (χ2n) is 6.51. The number of benzene rings is 1. The number of amides is 3. The molecule has 0 radical (unpaired) electrons. The zero-order valence-corrected chi connectivity index (χ0v) is 13.7. The summed E-state index contributed by atoms with van der Waals surface area (Å²) < 4.78 is 0. The summed E-state index contributed by atoms with van der Waals surface area (Å²) in [5.74, 6) is -0.752. The lowest BCUT2D eigenvalue weighted by molar-refractivity contribution is -0.134. The minimum atomic E-state index is -0.291. The number of hydrogen-bond donors (Lipinski definition) is 2. The summed E-state index contributed by atoms with van der Waals surface area (Å²) in [4.78, 5) is 37.4. The number of hydrogen-bond acceptors (Lipinski definition) is 4. The van der Waals surface area contributed by atoms with Crippen LogP contribution in [0.1, 0.15) is 43.6 Å². The van der Waals surface area contributed by atoms with Crippen LogP contribution in [0.15, 0.2) is 24.3 Å². The summed E-state index contributed by atoms with van der Waals surface area (Å²) in [7, 11) is 0. The lowest BCUT2D eigenvalue weighted by Gasteiger charge is -2.25. The largest absolute Gasteiger partial charge is 0.325 e. The van der Waals surface area contributed by atoms with Crippen molar-refractivity contribution in [2.24, 2.45) is 0 Å². The molecule has 0 bridgehead atoms. The Labute approximate surface area is 141 Å². The normalized spacial score (nSPS) is 22.1. The van der Waals surface area contributed by atoms with E-state index in [2.05, 4.69) is 15.5 Å². The second kappa shape index (κ2) is 7.57. The summed E-state index contributed by atoms with van der Waals surface area (Å²) in [6.45, 7) is 2.40. The van der Waals surface area contributed by atoms with E-state index in [0.29, 0.717) is 19.4 Å². The molecule has 128 valence electrons. The SMILES string of the molecule is O=C1CCC(c2ccc(NC(=O)CN3CCCCC3)cc2)C(=O)N1. The van der Waals surface area contributed by atoms with Gasteiger partial charge in [0.15, 0.2) is 0 Å². The van der Waals surface area contributed by atoms with Gasteiger partial charge in [-0.2, -0.15) is 0 Å². The van der Waals surface area contributed by atoms with Crippen molar-refractivity contribution in [3.63, 3.8) is 0 Å². The Morgan fingerprint density at radius 2 is 1.83 bits per heavy atom. The molecule has 0 aliphatic carbocycles. The van der Waals surface area contributed by atoms with E-state index in [-0.39, 0.29) is 23.6 Å². The average Bonchev–Trinajstić information content (AvgIpc) is 2.57. The molecule has 0 spiro atoms. The number of rotatable bonds is 4. The molecular formula is C18H23N3O3. The molecule has 6 nitrogen and oxygen atoms in total. The Balaban J connectivity index is 1.55. The maximum absolute atomic E-state index is 12.1. The zero-order chi connectivity index (χ0) is 16.9. The average molecular weight is 329 g/mol. The third-order valence-electron chi connectivity index (χ3n) is 4.65. The van der Waals surface area contributed by atoms with Crippen LogP contribution < -0.4 is 10.6 Å². The van der Waals surface area contributed by atoms with Crippen molar-refractivity contribution in [2.75, 3.05) is 25.0 Å². The Hall–Kier alpha value is -2.21. The third kappa shape index (κ3) is 4.20. The fraction of sp³-hybridized carbons (Fsp3) is 0.500. The van der Waals surface area contributed by atoms with Crippen molar-refractivity contribution in [2.45, 2.75) is 38.0 Å². The van der Waals surface area contributed by atoms with Gasteiger partial charge in [-0.25, -0.2) is 0 Å². The molecule has 2 saturated heterocycles. The molecule has 2 aliphatic heterocycles. The molecule has 1 aromatic rings. The maximum Gasteiger partial charge on any atom is 0.238 e. The van der Waals surface area contributed by atoms with E-state index >= 15 is 0 Å². The number of likely N-dealkylation sites (tertiary alicyclic amines) is 1. The molecule has 1 unspecified atom stereocenters. The summed E-state index contributed by atoms with van der Waals surface area (Å²) in [5, 5.41) is 5.27. The number of carbonyl (C=O) groups excluding carboxylic acids is 3. The van der Waals surface area contributed by atoms with E-state index < -0.39 is 0 Å². The smallest absolute Gasteiger partial charge is 0.238 e. The fourth-order valence-electron chi connectivity index (χ4n) is 3.33. The van der Waals surface area contributed by atoms with Crippen LogP contribution in [0, 0.1) is 0 Å². The number of carbonyl (C=O) groups is 3. The van der Waals surface area contributed by atoms with Crippen molar-refractivity contribution < 1.29 is 14.4 Å². The van der Waals surface area contributed by atoms with Gasteiger partial charge in [-0.15, -0.1) is 0 Å². The number of nitrogens with one attached hydrogen (secondary N) is 2. The highest BCUT2D eigenvalue weighted by Gasteiger charge is 2.27. The maximum atomic E-state index is 12.1. The third-order valence-corrected chi connectivity index (χ3v) is 4.65. The Kier molecular flexibility index (Phi) is 5.25. The first-order valence-corrected chi connectivity index (χ1v) is 8.58. The molecule has 6 heteroatoms. The van der Waals surface area contributed by atoms with Crippen molar-refractivity contribution in [3.8, 4) is 0 Å². The Morgan fingerprint density at radius 1 is 1.12 bits per heavy atom. The van der Waals surface area contributed by atoms with Gasteiger partial charge in [0.2, 0.25) is 17.7 Å². The van der Waals surface area contributed by atoms with Crippen LogP contribution in [0.4, 0.5) is 5.69 Å². The molecule has 0 saturated carbocycles. The second-order valence-corrected chi connectivity index (χ2v) is 6.51. The quantitative estimate of drug-likeness (QED) is 0.823. The highest BCUT2D eigenvalue weighted by Crippen LogP contribution is 2.25. The van der Waals surface area contributed by atoms with Crippen molar-refractivity contribution in [3.05, 3.63) is 29.8 Å². The molecule has 1 atom stereocenters. The molecule has 2 fully saturated rings. The van der Waals surface area contributed by atoms with Crippen molar-refractivity contribution in [1.82, 2.24) is 10.2 Å². The van der Waals surface area contributed by atoms with Crippen LogP contribution >= 0.6 is 0 Å².